The summed E-state index contributed by atoms with van der Waals surface area (Å²) in [5.74, 6) is 0.829. The Morgan fingerprint density at radius 2 is 1.30 bits per heavy atom. The quantitative estimate of drug-likeness (QED) is 0.688. The molecule has 4 N–H and O–H groups in total. The average Bonchev–Trinajstić information content (AvgIpc) is 2.48. The van der Waals surface area contributed by atoms with Crippen molar-refractivity contribution < 1.29 is 0 Å². The van der Waals surface area contributed by atoms with Crippen LogP contribution in [0.25, 0.3) is 22.8 Å². The highest BCUT2D eigenvalue weighted by Crippen LogP contribution is 2.29. The number of nitrogen functional groups attached to an aromatic ring is 2. The van der Waals surface area contributed by atoms with E-state index < -0.39 is 0 Å². The Bertz CT molecular complexity index is 706. The van der Waals surface area contributed by atoms with Gasteiger partial charge in [-0.2, -0.15) is 0 Å². The van der Waals surface area contributed by atoms with E-state index in [0.717, 1.165) is 0 Å². The van der Waals surface area contributed by atoms with Crippen molar-refractivity contribution in [3.8, 4) is 22.8 Å². The molecule has 0 bridgehead atoms. The smallest absolute Gasteiger partial charge is 0.182 e. The van der Waals surface area contributed by atoms with Crippen molar-refractivity contribution >= 4 is 11.6 Å². The third kappa shape index (κ3) is 2.09. The van der Waals surface area contributed by atoms with E-state index >= 15 is 0 Å². The minimum absolute atomic E-state index is 0.241. The Kier molecular flexibility index (Phi) is 2.88. The second-order valence-corrected chi connectivity index (χ2v) is 3.88. The van der Waals surface area contributed by atoms with Gasteiger partial charge in [0.25, 0.3) is 0 Å². The minimum atomic E-state index is 0.241. The van der Waals surface area contributed by atoms with Crippen molar-refractivity contribution in [2.75, 3.05) is 11.5 Å². The van der Waals surface area contributed by atoms with E-state index in [2.05, 4.69) is 29.9 Å². The highest BCUT2D eigenvalue weighted by atomic mass is 15.0. The van der Waals surface area contributed by atoms with Crippen molar-refractivity contribution in [2.45, 2.75) is 0 Å². The Balaban J connectivity index is 2.13. The summed E-state index contributed by atoms with van der Waals surface area (Å²) in [6.45, 7) is 0. The fourth-order valence-electron chi connectivity index (χ4n) is 1.73. The molecule has 0 aliphatic heterocycles. The first kappa shape index (κ1) is 11.9. The van der Waals surface area contributed by atoms with Gasteiger partial charge in [0.2, 0.25) is 0 Å². The summed E-state index contributed by atoms with van der Waals surface area (Å²) in [4.78, 5) is 24.3. The van der Waals surface area contributed by atoms with Crippen LogP contribution in [0.4, 0.5) is 11.6 Å². The molecule has 0 atom stereocenters. The van der Waals surface area contributed by atoms with Gasteiger partial charge in [-0.25, -0.2) is 29.9 Å². The first-order valence-corrected chi connectivity index (χ1v) is 5.71. The number of hydrogen-bond acceptors (Lipinski definition) is 8. The molecule has 8 heteroatoms. The fourth-order valence-corrected chi connectivity index (χ4v) is 1.73. The Labute approximate surface area is 114 Å². The van der Waals surface area contributed by atoms with Crippen molar-refractivity contribution in [3.63, 3.8) is 0 Å². The molecule has 0 radical (unpaired) electrons. The number of nitrogens with two attached hydrogens (primary N) is 2. The average molecular weight is 266 g/mol. The molecule has 20 heavy (non-hydrogen) atoms. The van der Waals surface area contributed by atoms with Gasteiger partial charge in [0, 0.05) is 12.4 Å². The minimum Gasteiger partial charge on any atom is -0.383 e. The van der Waals surface area contributed by atoms with Crippen LogP contribution in [0.15, 0.2) is 37.2 Å². The molecule has 0 aliphatic carbocycles. The van der Waals surface area contributed by atoms with Gasteiger partial charge in [0.05, 0.1) is 11.3 Å². The SMILES string of the molecule is Nc1nc(-c2ccncn2)nc(N)c1-c1ccncn1. The summed E-state index contributed by atoms with van der Waals surface area (Å²) in [6.07, 6.45) is 6.01. The fraction of sp³-hybridized carbons (Fsp3) is 0. The lowest BCUT2D eigenvalue weighted by Crippen LogP contribution is -2.06. The van der Waals surface area contributed by atoms with Crippen LogP contribution >= 0.6 is 0 Å². The molecular formula is C12H10N8. The van der Waals surface area contributed by atoms with Gasteiger partial charge in [-0.3, -0.25) is 0 Å². The molecule has 0 saturated carbocycles. The molecule has 0 fully saturated rings. The molecule has 0 saturated heterocycles. The molecule has 0 aromatic carbocycles. The molecule has 3 heterocycles. The molecule has 98 valence electrons. The lowest BCUT2D eigenvalue weighted by molar-refractivity contribution is 1.10. The highest BCUT2D eigenvalue weighted by molar-refractivity contribution is 5.81. The zero-order valence-corrected chi connectivity index (χ0v) is 10.3. The first-order chi connectivity index (χ1) is 9.75. The van der Waals surface area contributed by atoms with E-state index in [0.29, 0.717) is 22.8 Å². The lowest BCUT2D eigenvalue weighted by atomic mass is 10.2. The van der Waals surface area contributed by atoms with E-state index in [4.69, 9.17) is 11.5 Å². The van der Waals surface area contributed by atoms with E-state index in [1.807, 2.05) is 0 Å². The topological polar surface area (TPSA) is 129 Å². The highest BCUT2D eigenvalue weighted by Gasteiger charge is 2.14. The van der Waals surface area contributed by atoms with Crippen LogP contribution in [-0.4, -0.2) is 29.9 Å². The number of rotatable bonds is 2. The third-order valence-corrected chi connectivity index (χ3v) is 2.61. The summed E-state index contributed by atoms with van der Waals surface area (Å²) < 4.78 is 0. The predicted octanol–water partition coefficient (Wildman–Crippen LogP) is 0.555. The molecule has 0 spiro atoms. The van der Waals surface area contributed by atoms with Gasteiger partial charge >= 0.3 is 0 Å². The monoisotopic (exact) mass is 266 g/mol. The second kappa shape index (κ2) is 4.84. The third-order valence-electron chi connectivity index (χ3n) is 2.61. The van der Waals surface area contributed by atoms with Crippen LogP contribution in [0.2, 0.25) is 0 Å². The molecule has 0 aliphatic rings. The maximum absolute atomic E-state index is 5.96. The molecule has 3 aromatic heterocycles. The van der Waals surface area contributed by atoms with Crippen LogP contribution < -0.4 is 11.5 Å². The van der Waals surface area contributed by atoms with Crippen LogP contribution in [0.1, 0.15) is 0 Å². The number of nitrogens with zero attached hydrogens (tertiary/aromatic N) is 6. The Morgan fingerprint density at radius 3 is 1.80 bits per heavy atom. The van der Waals surface area contributed by atoms with E-state index in [1.165, 1.54) is 12.7 Å². The summed E-state index contributed by atoms with van der Waals surface area (Å²) in [5, 5.41) is 0. The largest absolute Gasteiger partial charge is 0.383 e. The zero-order valence-electron chi connectivity index (χ0n) is 10.3. The van der Waals surface area contributed by atoms with E-state index in [-0.39, 0.29) is 11.6 Å². The first-order valence-electron chi connectivity index (χ1n) is 5.71. The van der Waals surface area contributed by atoms with Crippen LogP contribution in [0.5, 0.6) is 0 Å². The summed E-state index contributed by atoms with van der Waals surface area (Å²) in [6, 6.07) is 3.37. The molecular weight excluding hydrogens is 256 g/mol. The number of hydrogen-bond donors (Lipinski definition) is 2. The Hall–Kier alpha value is -3.16. The molecule has 3 rings (SSSR count). The van der Waals surface area contributed by atoms with Gasteiger partial charge in [0.1, 0.15) is 30.0 Å². The van der Waals surface area contributed by atoms with Crippen molar-refractivity contribution in [2.24, 2.45) is 0 Å². The van der Waals surface area contributed by atoms with Gasteiger partial charge in [0.15, 0.2) is 5.82 Å². The lowest BCUT2D eigenvalue weighted by Gasteiger charge is -2.08. The summed E-state index contributed by atoms with van der Waals surface area (Å²) >= 11 is 0. The second-order valence-electron chi connectivity index (χ2n) is 3.88. The Morgan fingerprint density at radius 1 is 0.750 bits per heavy atom. The van der Waals surface area contributed by atoms with Crippen LogP contribution in [-0.2, 0) is 0 Å². The van der Waals surface area contributed by atoms with E-state index in [9.17, 15) is 0 Å². The molecule has 0 amide bonds. The number of anilines is 2. The number of aromatic nitrogens is 6. The maximum Gasteiger partial charge on any atom is 0.182 e. The zero-order chi connectivity index (χ0) is 13.9. The van der Waals surface area contributed by atoms with Gasteiger partial charge in [-0.05, 0) is 12.1 Å². The molecule has 3 aromatic rings. The maximum atomic E-state index is 5.96. The summed E-state index contributed by atoms with van der Waals surface area (Å²) in [5.41, 5.74) is 13.5. The standard InChI is InChI=1S/C12H10N8/c13-10-9(7-1-3-15-5-17-7)11(14)20-12(19-10)8-2-4-16-6-18-8/h1-6H,(H4,13,14,19,20). The summed E-state index contributed by atoms with van der Waals surface area (Å²) in [7, 11) is 0. The molecule has 0 unspecified atom stereocenters. The van der Waals surface area contributed by atoms with Crippen LogP contribution in [0, 0.1) is 0 Å². The normalized spacial score (nSPS) is 10.4. The van der Waals surface area contributed by atoms with Gasteiger partial charge in [-0.15, -0.1) is 0 Å². The van der Waals surface area contributed by atoms with Gasteiger partial charge in [-0.1, -0.05) is 0 Å². The van der Waals surface area contributed by atoms with Crippen molar-refractivity contribution in [3.05, 3.63) is 37.2 Å². The van der Waals surface area contributed by atoms with Crippen LogP contribution in [0.3, 0.4) is 0 Å². The van der Waals surface area contributed by atoms with Crippen molar-refractivity contribution in [1.82, 2.24) is 29.9 Å². The predicted molar refractivity (Wildman–Crippen MR) is 72.9 cm³/mol. The van der Waals surface area contributed by atoms with E-state index in [1.54, 1.807) is 24.5 Å². The molecule has 8 nitrogen and oxygen atoms in total. The van der Waals surface area contributed by atoms with Gasteiger partial charge < -0.3 is 11.5 Å². The van der Waals surface area contributed by atoms with Crippen molar-refractivity contribution in [1.29, 1.82) is 0 Å².